The van der Waals surface area contributed by atoms with Gasteiger partial charge in [-0.25, -0.2) is 0 Å². The van der Waals surface area contributed by atoms with Gasteiger partial charge in [0.1, 0.15) is 6.04 Å². The minimum Gasteiger partial charge on any atom is -0.423 e. The van der Waals surface area contributed by atoms with Gasteiger partial charge < -0.3 is 14.1 Å². The molecule has 0 aromatic carbocycles. The van der Waals surface area contributed by atoms with Crippen molar-refractivity contribution < 1.29 is 13.9 Å². The van der Waals surface area contributed by atoms with Crippen LogP contribution in [0.5, 0.6) is 0 Å². The van der Waals surface area contributed by atoms with Crippen LogP contribution in [0, 0.1) is 5.92 Å². The van der Waals surface area contributed by atoms with Gasteiger partial charge in [0.15, 0.2) is 0 Å². The summed E-state index contributed by atoms with van der Waals surface area (Å²) in [5, 5.41) is 8.34. The zero-order valence-electron chi connectivity index (χ0n) is 15.2. The molecule has 3 aliphatic rings. The normalized spacial score (nSPS) is 26.4. The molecule has 4 rings (SSSR count). The van der Waals surface area contributed by atoms with Crippen molar-refractivity contribution in [3.63, 3.8) is 0 Å². The highest BCUT2D eigenvalue weighted by Gasteiger charge is 2.45. The number of nitrogens with zero attached hydrogens (tertiary/aromatic N) is 4. The van der Waals surface area contributed by atoms with E-state index >= 15 is 0 Å². The zero-order chi connectivity index (χ0) is 17.4. The van der Waals surface area contributed by atoms with Crippen LogP contribution < -0.4 is 0 Å². The average molecular weight is 348 g/mol. The lowest BCUT2D eigenvalue weighted by atomic mass is 10.1. The Labute approximate surface area is 148 Å². The molecule has 3 heterocycles. The van der Waals surface area contributed by atoms with Gasteiger partial charge in [-0.1, -0.05) is 13.8 Å². The number of aromatic nitrogens is 2. The summed E-state index contributed by atoms with van der Waals surface area (Å²) in [4.78, 5) is 17.8. The topological polar surface area (TPSA) is 71.7 Å². The molecule has 1 amide bonds. The Kier molecular flexibility index (Phi) is 4.78. The Morgan fingerprint density at radius 2 is 1.92 bits per heavy atom. The van der Waals surface area contributed by atoms with Crippen molar-refractivity contribution in [2.24, 2.45) is 5.92 Å². The van der Waals surface area contributed by atoms with Crippen LogP contribution in [0.3, 0.4) is 0 Å². The van der Waals surface area contributed by atoms with E-state index in [1.807, 2.05) is 18.7 Å². The maximum atomic E-state index is 13.4. The van der Waals surface area contributed by atoms with Crippen molar-refractivity contribution >= 4 is 5.91 Å². The molecule has 3 fully saturated rings. The number of carbonyl (C=O) groups is 1. The highest BCUT2D eigenvalue weighted by molar-refractivity contribution is 5.83. The second-order valence-corrected chi connectivity index (χ2v) is 7.78. The summed E-state index contributed by atoms with van der Waals surface area (Å²) in [7, 11) is 0. The highest BCUT2D eigenvalue weighted by atomic mass is 16.5. The third-order valence-corrected chi connectivity index (χ3v) is 5.50. The summed E-state index contributed by atoms with van der Waals surface area (Å²) in [6.07, 6.45) is 4.73. The molecule has 138 valence electrons. The molecular formula is C18H28N4O3. The average Bonchev–Trinajstić information content (AvgIpc) is 3.11. The van der Waals surface area contributed by atoms with Crippen LogP contribution in [-0.2, 0) is 9.53 Å². The number of morpholine rings is 1. The molecule has 0 spiro atoms. The summed E-state index contributed by atoms with van der Waals surface area (Å²) < 4.78 is 11.5. The Morgan fingerprint density at radius 1 is 1.16 bits per heavy atom. The first-order chi connectivity index (χ1) is 12.1. The summed E-state index contributed by atoms with van der Waals surface area (Å²) in [5.41, 5.74) is 0. The molecule has 0 radical (unpaired) electrons. The van der Waals surface area contributed by atoms with Gasteiger partial charge >= 0.3 is 0 Å². The van der Waals surface area contributed by atoms with Crippen LogP contribution in [0.2, 0.25) is 0 Å². The van der Waals surface area contributed by atoms with Crippen molar-refractivity contribution in [3.8, 4) is 0 Å². The van der Waals surface area contributed by atoms with Crippen molar-refractivity contribution in [2.75, 3.05) is 32.8 Å². The monoisotopic (exact) mass is 348 g/mol. The molecule has 25 heavy (non-hydrogen) atoms. The second kappa shape index (κ2) is 7.03. The van der Waals surface area contributed by atoms with Crippen LogP contribution in [0.25, 0.3) is 0 Å². The number of rotatable bonds is 5. The van der Waals surface area contributed by atoms with Crippen LogP contribution in [0.15, 0.2) is 4.42 Å². The first-order valence-electron chi connectivity index (χ1n) is 9.60. The van der Waals surface area contributed by atoms with E-state index in [0.29, 0.717) is 37.5 Å². The third kappa shape index (κ3) is 3.44. The first-order valence-corrected chi connectivity index (χ1v) is 9.60. The minimum absolute atomic E-state index is 0.0237. The molecule has 0 N–H and O–H groups in total. The number of hydrogen-bond acceptors (Lipinski definition) is 6. The van der Waals surface area contributed by atoms with Crippen LogP contribution in [-0.4, -0.2) is 64.8 Å². The molecular weight excluding hydrogens is 320 g/mol. The van der Waals surface area contributed by atoms with Gasteiger partial charge in [-0.05, 0) is 44.7 Å². The summed E-state index contributed by atoms with van der Waals surface area (Å²) in [5.74, 6) is 2.04. The lowest BCUT2D eigenvalue weighted by Gasteiger charge is -2.38. The van der Waals surface area contributed by atoms with Crippen molar-refractivity contribution in [1.82, 2.24) is 20.0 Å². The van der Waals surface area contributed by atoms with Crippen molar-refractivity contribution in [1.29, 1.82) is 0 Å². The molecule has 1 saturated carbocycles. The SMILES string of the molecule is CC(C)c1nnc(C2COCCN2C(=O)C(C2CC2)N2CCCC2)o1. The Balaban J connectivity index is 1.55. The molecule has 1 aromatic heterocycles. The fourth-order valence-electron chi connectivity index (χ4n) is 3.94. The Morgan fingerprint density at radius 3 is 2.56 bits per heavy atom. The molecule has 7 nitrogen and oxygen atoms in total. The molecule has 2 atom stereocenters. The van der Waals surface area contributed by atoms with Crippen LogP contribution >= 0.6 is 0 Å². The van der Waals surface area contributed by atoms with E-state index < -0.39 is 0 Å². The number of amides is 1. The second-order valence-electron chi connectivity index (χ2n) is 7.78. The highest BCUT2D eigenvalue weighted by Crippen LogP contribution is 2.39. The van der Waals surface area contributed by atoms with Crippen molar-refractivity contribution in [2.45, 2.75) is 57.5 Å². The summed E-state index contributed by atoms with van der Waals surface area (Å²) in [6.45, 7) is 7.73. The number of hydrogen-bond donors (Lipinski definition) is 0. The van der Waals surface area contributed by atoms with E-state index in [1.54, 1.807) is 0 Å². The van der Waals surface area contributed by atoms with E-state index in [1.165, 1.54) is 25.7 Å². The quantitative estimate of drug-likeness (QED) is 0.810. The van der Waals surface area contributed by atoms with Gasteiger partial charge in [0.05, 0.1) is 19.3 Å². The number of likely N-dealkylation sites (tertiary alicyclic amines) is 1. The maximum absolute atomic E-state index is 13.4. The van der Waals surface area contributed by atoms with Gasteiger partial charge in [-0.2, -0.15) is 0 Å². The van der Waals surface area contributed by atoms with Gasteiger partial charge in [0, 0.05) is 12.5 Å². The first kappa shape index (κ1) is 17.0. The fourth-order valence-corrected chi connectivity index (χ4v) is 3.94. The summed E-state index contributed by atoms with van der Waals surface area (Å²) in [6, 6.07) is -0.235. The minimum atomic E-state index is -0.259. The van der Waals surface area contributed by atoms with E-state index in [2.05, 4.69) is 15.1 Å². The lowest BCUT2D eigenvalue weighted by Crippen LogP contribution is -2.53. The standard InChI is InChI=1S/C18H28N4O3/c1-12(2)16-19-20-17(25-16)14-11-24-10-9-22(14)18(23)15(13-5-6-13)21-7-3-4-8-21/h12-15H,3-11H2,1-2H3. The van der Waals surface area contributed by atoms with Gasteiger partial charge in [0.25, 0.3) is 0 Å². The third-order valence-electron chi connectivity index (χ3n) is 5.50. The van der Waals surface area contributed by atoms with Crippen LogP contribution in [0.1, 0.15) is 63.3 Å². The van der Waals surface area contributed by atoms with E-state index in [4.69, 9.17) is 9.15 Å². The van der Waals surface area contributed by atoms with Crippen molar-refractivity contribution in [3.05, 3.63) is 11.8 Å². The van der Waals surface area contributed by atoms with E-state index in [-0.39, 0.29) is 23.9 Å². The Hall–Kier alpha value is -1.47. The van der Waals surface area contributed by atoms with Gasteiger partial charge in [0.2, 0.25) is 17.7 Å². The molecule has 1 aliphatic carbocycles. The predicted octanol–water partition coefficient (Wildman–Crippen LogP) is 1.97. The molecule has 7 heteroatoms. The zero-order valence-corrected chi connectivity index (χ0v) is 15.2. The van der Waals surface area contributed by atoms with Gasteiger partial charge in [-0.3, -0.25) is 9.69 Å². The number of carbonyl (C=O) groups excluding carboxylic acids is 1. The van der Waals surface area contributed by atoms with Gasteiger partial charge in [-0.15, -0.1) is 10.2 Å². The smallest absolute Gasteiger partial charge is 0.241 e. The van der Waals surface area contributed by atoms with E-state index in [0.717, 1.165) is 13.1 Å². The molecule has 2 aliphatic heterocycles. The fraction of sp³-hybridized carbons (Fsp3) is 0.833. The molecule has 1 aromatic rings. The molecule has 0 bridgehead atoms. The molecule has 2 unspecified atom stereocenters. The maximum Gasteiger partial charge on any atom is 0.241 e. The number of ether oxygens (including phenoxy) is 1. The predicted molar refractivity (Wildman–Crippen MR) is 91.0 cm³/mol. The molecule has 2 saturated heterocycles. The lowest BCUT2D eigenvalue weighted by molar-refractivity contribution is -0.147. The van der Waals surface area contributed by atoms with E-state index in [9.17, 15) is 4.79 Å². The summed E-state index contributed by atoms with van der Waals surface area (Å²) >= 11 is 0. The largest absolute Gasteiger partial charge is 0.423 e. The van der Waals surface area contributed by atoms with Crippen LogP contribution in [0.4, 0.5) is 0 Å². The Bertz CT molecular complexity index is 607.